The van der Waals surface area contributed by atoms with Crippen LogP contribution in [-0.4, -0.2) is 23.4 Å². The van der Waals surface area contributed by atoms with E-state index in [9.17, 15) is 13.6 Å². The molecule has 1 aliphatic rings. The van der Waals surface area contributed by atoms with Crippen molar-refractivity contribution in [2.24, 2.45) is 16.3 Å². The molecule has 0 radical (unpaired) electrons. The average molecular weight is 478 g/mol. The maximum absolute atomic E-state index is 14.7. The van der Waals surface area contributed by atoms with Crippen molar-refractivity contribution in [3.05, 3.63) is 107 Å². The Morgan fingerprint density at radius 3 is 2.26 bits per heavy atom. The number of hydrogen-bond acceptors (Lipinski definition) is 4. The first kappa shape index (κ1) is 24.5. The molecule has 1 unspecified atom stereocenters. The molecular weight excluding hydrogens is 448 g/mol. The largest absolute Gasteiger partial charge is 0.443 e. The molecule has 2 N–H and O–H groups in total. The molecule has 0 spiro atoms. The van der Waals surface area contributed by atoms with Gasteiger partial charge in [-0.2, -0.15) is 5.01 Å². The van der Waals surface area contributed by atoms with Crippen molar-refractivity contribution in [3.8, 4) is 0 Å². The zero-order chi connectivity index (χ0) is 25.1. The van der Waals surface area contributed by atoms with E-state index in [4.69, 9.17) is 10.5 Å². The molecule has 4 rings (SSSR count). The third kappa shape index (κ3) is 4.82. The van der Waals surface area contributed by atoms with Crippen molar-refractivity contribution in [1.82, 2.24) is 5.01 Å². The Hall–Kier alpha value is -3.58. The van der Waals surface area contributed by atoms with Gasteiger partial charge in [0.2, 0.25) is 11.6 Å². The molecule has 1 heterocycles. The van der Waals surface area contributed by atoms with E-state index in [2.05, 4.69) is 5.10 Å². The van der Waals surface area contributed by atoms with Crippen molar-refractivity contribution in [3.63, 3.8) is 0 Å². The fraction of sp³-hybridized carbons (Fsp3) is 0.286. The highest BCUT2D eigenvalue weighted by Crippen LogP contribution is 2.43. The summed E-state index contributed by atoms with van der Waals surface area (Å²) in [5.74, 6) is -1.24. The fourth-order valence-electron chi connectivity index (χ4n) is 4.35. The van der Waals surface area contributed by atoms with Crippen LogP contribution in [0.25, 0.3) is 0 Å². The summed E-state index contributed by atoms with van der Waals surface area (Å²) in [5.41, 5.74) is 4.76. The first-order chi connectivity index (χ1) is 16.8. The molecule has 182 valence electrons. The highest BCUT2D eigenvalue weighted by Gasteiger charge is 2.52. The Bertz CT molecular complexity index is 1230. The SMILES string of the molecule is CC(C)(Cc1ccccc1F)C(=O)N1N=C(c2ccccc2F)OC1(CCCN)c1ccccc1. The lowest BCUT2D eigenvalue weighted by atomic mass is 9.83. The summed E-state index contributed by atoms with van der Waals surface area (Å²) >= 11 is 0. The zero-order valence-corrected chi connectivity index (χ0v) is 19.9. The second-order valence-electron chi connectivity index (χ2n) is 9.30. The van der Waals surface area contributed by atoms with Crippen molar-refractivity contribution >= 4 is 11.8 Å². The molecule has 3 aromatic rings. The van der Waals surface area contributed by atoms with Crippen LogP contribution in [0.2, 0.25) is 0 Å². The lowest BCUT2D eigenvalue weighted by Crippen LogP contribution is -2.50. The van der Waals surface area contributed by atoms with Crippen LogP contribution in [0.1, 0.15) is 43.4 Å². The Morgan fingerprint density at radius 2 is 1.60 bits per heavy atom. The summed E-state index contributed by atoms with van der Waals surface area (Å²) < 4.78 is 35.5. The number of ether oxygens (including phenoxy) is 1. The van der Waals surface area contributed by atoms with E-state index in [0.29, 0.717) is 30.5 Å². The van der Waals surface area contributed by atoms with Gasteiger partial charge in [0.25, 0.3) is 5.91 Å². The minimum absolute atomic E-state index is 0.0130. The number of rotatable bonds is 8. The minimum atomic E-state index is -1.32. The number of hydrazone groups is 1. The van der Waals surface area contributed by atoms with Crippen LogP contribution in [-0.2, 0) is 21.7 Å². The van der Waals surface area contributed by atoms with Crippen LogP contribution < -0.4 is 5.73 Å². The number of nitrogens with zero attached hydrogens (tertiary/aromatic N) is 2. The summed E-state index contributed by atoms with van der Waals surface area (Å²) in [5, 5.41) is 5.84. The Balaban J connectivity index is 1.81. The zero-order valence-electron chi connectivity index (χ0n) is 19.9. The van der Waals surface area contributed by atoms with Gasteiger partial charge in [-0.05, 0) is 43.1 Å². The molecule has 3 aromatic carbocycles. The predicted octanol–water partition coefficient (Wildman–Crippen LogP) is 5.35. The Kier molecular flexibility index (Phi) is 6.98. The molecule has 0 saturated heterocycles. The van der Waals surface area contributed by atoms with Crippen LogP contribution in [0.15, 0.2) is 84.0 Å². The third-order valence-corrected chi connectivity index (χ3v) is 6.21. The van der Waals surface area contributed by atoms with Gasteiger partial charge in [0.05, 0.1) is 5.56 Å². The first-order valence-corrected chi connectivity index (χ1v) is 11.6. The monoisotopic (exact) mass is 477 g/mol. The predicted molar refractivity (Wildman–Crippen MR) is 131 cm³/mol. The quantitative estimate of drug-likeness (QED) is 0.476. The molecule has 0 aromatic heterocycles. The van der Waals surface area contributed by atoms with E-state index in [-0.39, 0.29) is 29.6 Å². The summed E-state index contributed by atoms with van der Waals surface area (Å²) in [6.07, 6.45) is 1.03. The lowest BCUT2D eigenvalue weighted by Gasteiger charge is -2.39. The van der Waals surface area contributed by atoms with Crippen molar-refractivity contribution < 1.29 is 18.3 Å². The number of amides is 1. The molecule has 0 saturated carbocycles. The van der Waals surface area contributed by atoms with Crippen LogP contribution in [0.3, 0.4) is 0 Å². The van der Waals surface area contributed by atoms with Gasteiger partial charge in [-0.15, -0.1) is 5.10 Å². The molecule has 0 aliphatic carbocycles. The maximum Gasteiger partial charge on any atom is 0.252 e. The van der Waals surface area contributed by atoms with E-state index in [1.165, 1.54) is 17.1 Å². The van der Waals surface area contributed by atoms with Gasteiger partial charge in [0, 0.05) is 17.4 Å². The highest BCUT2D eigenvalue weighted by molar-refractivity contribution is 5.97. The molecule has 1 atom stereocenters. The molecule has 0 bridgehead atoms. The van der Waals surface area contributed by atoms with E-state index < -0.39 is 17.0 Å². The first-order valence-electron chi connectivity index (χ1n) is 11.6. The minimum Gasteiger partial charge on any atom is -0.443 e. The van der Waals surface area contributed by atoms with Gasteiger partial charge in [-0.25, -0.2) is 8.78 Å². The maximum atomic E-state index is 14.7. The van der Waals surface area contributed by atoms with Crippen LogP contribution in [0, 0.1) is 17.0 Å². The number of carbonyl (C=O) groups is 1. The van der Waals surface area contributed by atoms with E-state index in [0.717, 1.165) is 0 Å². The van der Waals surface area contributed by atoms with Gasteiger partial charge in [0.15, 0.2) is 0 Å². The van der Waals surface area contributed by atoms with E-state index in [1.54, 1.807) is 50.2 Å². The van der Waals surface area contributed by atoms with Crippen molar-refractivity contribution in [1.29, 1.82) is 0 Å². The molecular formula is C28H29F2N3O2. The Morgan fingerprint density at radius 1 is 0.971 bits per heavy atom. The lowest BCUT2D eigenvalue weighted by molar-refractivity contribution is -0.162. The van der Waals surface area contributed by atoms with Crippen molar-refractivity contribution in [2.75, 3.05) is 6.54 Å². The molecule has 1 amide bonds. The van der Waals surface area contributed by atoms with Gasteiger partial charge in [-0.1, -0.05) is 74.5 Å². The van der Waals surface area contributed by atoms with Crippen molar-refractivity contribution in [2.45, 2.75) is 38.8 Å². The molecule has 7 heteroatoms. The van der Waals surface area contributed by atoms with Gasteiger partial charge < -0.3 is 10.5 Å². The van der Waals surface area contributed by atoms with E-state index in [1.807, 2.05) is 30.3 Å². The van der Waals surface area contributed by atoms with Gasteiger partial charge in [0.1, 0.15) is 11.6 Å². The molecule has 35 heavy (non-hydrogen) atoms. The number of benzene rings is 3. The van der Waals surface area contributed by atoms with Crippen LogP contribution in [0.4, 0.5) is 8.78 Å². The van der Waals surface area contributed by atoms with Crippen LogP contribution >= 0.6 is 0 Å². The molecule has 5 nitrogen and oxygen atoms in total. The summed E-state index contributed by atoms with van der Waals surface area (Å²) in [4.78, 5) is 14.1. The van der Waals surface area contributed by atoms with Gasteiger partial charge >= 0.3 is 0 Å². The summed E-state index contributed by atoms with van der Waals surface area (Å²) in [6.45, 7) is 3.86. The number of nitrogens with two attached hydrogens (primary N) is 1. The molecule has 1 aliphatic heterocycles. The van der Waals surface area contributed by atoms with Gasteiger partial charge in [-0.3, -0.25) is 4.79 Å². The summed E-state index contributed by atoms with van der Waals surface area (Å²) in [7, 11) is 0. The topological polar surface area (TPSA) is 67.9 Å². The highest BCUT2D eigenvalue weighted by atomic mass is 19.1. The number of hydrogen-bond donors (Lipinski definition) is 1. The number of carbonyl (C=O) groups excluding carboxylic acids is 1. The second kappa shape index (κ2) is 9.96. The van der Waals surface area contributed by atoms with Crippen LogP contribution in [0.5, 0.6) is 0 Å². The average Bonchev–Trinajstić information content (AvgIpc) is 3.24. The fourth-order valence-corrected chi connectivity index (χ4v) is 4.35. The molecule has 0 fully saturated rings. The second-order valence-corrected chi connectivity index (χ2v) is 9.30. The normalized spacial score (nSPS) is 17.7. The smallest absolute Gasteiger partial charge is 0.252 e. The van der Waals surface area contributed by atoms with E-state index >= 15 is 0 Å². The Labute approximate surface area is 204 Å². The number of halogens is 2. The summed E-state index contributed by atoms with van der Waals surface area (Å²) in [6, 6.07) is 21.8. The third-order valence-electron chi connectivity index (χ3n) is 6.21. The standard InChI is InChI=1S/C28H29F2N3O2/c1-27(2,19-20-11-6-8-15-23(20)29)26(34)33-28(17-10-18-31,21-12-4-3-5-13-21)35-25(32-33)22-14-7-9-16-24(22)30/h3-9,11-16H,10,17-19,31H2,1-2H3.